The second-order valence-electron chi connectivity index (χ2n) is 21.3. The van der Waals surface area contributed by atoms with Gasteiger partial charge in [0, 0.05) is 89.2 Å². The Bertz CT molecular complexity index is 2660. The number of hydrogen-bond donors (Lipinski definition) is 3. The minimum Gasteiger partial charge on any atom is -0.496 e. The number of nitrogens with two attached hydrogens (primary N) is 2. The van der Waals surface area contributed by atoms with Crippen LogP contribution in [0.4, 0.5) is 0 Å². The molecule has 2 fully saturated rings. The first-order valence-corrected chi connectivity index (χ1v) is 28.5. The van der Waals surface area contributed by atoms with Gasteiger partial charge in [-0.05, 0) is 87.3 Å². The highest BCUT2D eigenvalue weighted by molar-refractivity contribution is 5.88. The predicted molar refractivity (Wildman–Crippen MR) is 313 cm³/mol. The Morgan fingerprint density at radius 1 is 0.577 bits per heavy atom. The van der Waals surface area contributed by atoms with Crippen molar-refractivity contribution in [2.45, 2.75) is 85.1 Å². The molecule has 6 unspecified atom stereocenters. The number of benzene rings is 5. The molecule has 3 aliphatic heterocycles. The van der Waals surface area contributed by atoms with Gasteiger partial charge >= 0.3 is 0 Å². The van der Waals surface area contributed by atoms with Crippen molar-refractivity contribution in [3.05, 3.63) is 166 Å². The number of rotatable bonds is 23. The Hall–Kier alpha value is -6.13. The standard InChI is InChI=1S/C37H49N5O3.C27H40N4O2/c1-5-40(6-2)25-32(30-13-9-10-14-33(30)45-4)41-19-21-42(22-20-41)37(44)31(23-27-17-15-26(3)16-18-27)34(36(38)43)35-29-12-8-7-11-28(29)24-39-35;1-5-29(6-2)20-25(23-9-7-8-10-26(23)33-4)30-15-17-31(18-16-30)27(32)24(28)19-22-13-11-21(3)12-14-22/h7-18,31-32,34-35,39H,5-6,19-25H2,1-4H3,(H2,38,43);7-14,24-25H,5-6,15-20,28H2,1-4H3. The molecule has 14 heteroatoms. The minimum atomic E-state index is -0.676. The van der Waals surface area contributed by atoms with Crippen LogP contribution in [0, 0.1) is 25.7 Å². The summed E-state index contributed by atoms with van der Waals surface area (Å²) >= 11 is 0. The largest absolute Gasteiger partial charge is 0.496 e. The molecule has 0 aliphatic carbocycles. The minimum absolute atomic E-state index is 0.00258. The number of ether oxygens (including phenoxy) is 2. The highest BCUT2D eigenvalue weighted by atomic mass is 16.5. The number of aryl methyl sites for hydroxylation is 2. The molecule has 5 N–H and O–H groups in total. The summed E-state index contributed by atoms with van der Waals surface area (Å²) in [5.41, 5.74) is 21.6. The summed E-state index contributed by atoms with van der Waals surface area (Å²) in [6.07, 6.45) is 1.03. The van der Waals surface area contributed by atoms with Crippen molar-refractivity contribution < 1.29 is 23.9 Å². The van der Waals surface area contributed by atoms with Crippen LogP contribution in [-0.2, 0) is 33.8 Å². The number of amides is 3. The van der Waals surface area contributed by atoms with Gasteiger partial charge in [-0.1, -0.05) is 148 Å². The number of fused-ring (bicyclic) bond motifs is 1. The van der Waals surface area contributed by atoms with Gasteiger partial charge in [0.15, 0.2) is 0 Å². The first-order valence-electron chi connectivity index (χ1n) is 28.5. The summed E-state index contributed by atoms with van der Waals surface area (Å²) in [6, 6.07) is 40.8. The summed E-state index contributed by atoms with van der Waals surface area (Å²) in [4.78, 5) is 54.6. The monoisotopic (exact) mass is 1060 g/mol. The molecule has 0 radical (unpaired) electrons. The number of hydrogen-bond acceptors (Lipinski definition) is 11. The Morgan fingerprint density at radius 3 is 1.45 bits per heavy atom. The van der Waals surface area contributed by atoms with Crippen molar-refractivity contribution in [1.29, 1.82) is 0 Å². The predicted octanol–water partition coefficient (Wildman–Crippen LogP) is 7.44. The molecule has 14 nitrogen and oxygen atoms in total. The van der Waals surface area contributed by atoms with Gasteiger partial charge in [-0.15, -0.1) is 0 Å². The van der Waals surface area contributed by atoms with E-state index in [4.69, 9.17) is 20.9 Å². The molecule has 0 saturated carbocycles. The number of primary amides is 1. The second kappa shape index (κ2) is 29.2. The van der Waals surface area contributed by atoms with Crippen molar-refractivity contribution in [2.75, 3.05) is 106 Å². The van der Waals surface area contributed by atoms with Gasteiger partial charge < -0.3 is 45.9 Å². The zero-order chi connectivity index (χ0) is 55.7. The number of carbonyl (C=O) groups excluding carboxylic acids is 3. The Morgan fingerprint density at radius 2 is 1.00 bits per heavy atom. The molecule has 3 aliphatic rings. The maximum atomic E-state index is 14.5. The van der Waals surface area contributed by atoms with Gasteiger partial charge in [0.2, 0.25) is 17.7 Å². The van der Waals surface area contributed by atoms with Crippen LogP contribution in [0.5, 0.6) is 11.5 Å². The van der Waals surface area contributed by atoms with E-state index in [1.165, 1.54) is 16.7 Å². The molecule has 3 amide bonds. The lowest BCUT2D eigenvalue weighted by Gasteiger charge is -2.43. The van der Waals surface area contributed by atoms with E-state index >= 15 is 0 Å². The van der Waals surface area contributed by atoms with Crippen LogP contribution >= 0.6 is 0 Å². The van der Waals surface area contributed by atoms with Crippen molar-refractivity contribution in [3.8, 4) is 11.5 Å². The third-order valence-corrected chi connectivity index (χ3v) is 16.6. The smallest absolute Gasteiger partial charge is 0.239 e. The molecule has 0 bridgehead atoms. The number of nitrogens with one attached hydrogen (secondary N) is 1. The molecule has 0 spiro atoms. The van der Waals surface area contributed by atoms with E-state index in [1.807, 2.05) is 46.2 Å². The number of para-hydroxylation sites is 2. The van der Waals surface area contributed by atoms with Gasteiger partial charge in [-0.2, -0.15) is 0 Å². The first-order chi connectivity index (χ1) is 37.8. The van der Waals surface area contributed by atoms with Crippen LogP contribution in [0.25, 0.3) is 0 Å². The lowest BCUT2D eigenvalue weighted by atomic mass is 9.78. The van der Waals surface area contributed by atoms with Crippen LogP contribution in [0.1, 0.15) is 90.3 Å². The second-order valence-corrected chi connectivity index (χ2v) is 21.3. The molecule has 78 heavy (non-hydrogen) atoms. The Kier molecular flexibility index (Phi) is 22.3. The summed E-state index contributed by atoms with van der Waals surface area (Å²) in [5.74, 6) is 0.165. The first kappa shape index (κ1) is 59.5. The number of piperazine rings is 2. The normalized spacial score (nSPS) is 17.9. The topological polar surface area (TPSA) is 153 Å². The maximum Gasteiger partial charge on any atom is 0.239 e. The van der Waals surface area contributed by atoms with E-state index in [0.29, 0.717) is 45.6 Å². The Labute approximate surface area is 466 Å². The molecule has 3 heterocycles. The van der Waals surface area contributed by atoms with Crippen molar-refractivity contribution >= 4 is 17.7 Å². The van der Waals surface area contributed by atoms with Crippen molar-refractivity contribution in [3.63, 3.8) is 0 Å². The average Bonchev–Trinajstić information content (AvgIpc) is 3.90. The molecule has 420 valence electrons. The van der Waals surface area contributed by atoms with E-state index in [0.717, 1.165) is 105 Å². The zero-order valence-corrected chi connectivity index (χ0v) is 47.9. The maximum absolute atomic E-state index is 14.5. The fourth-order valence-electron chi connectivity index (χ4n) is 11.8. The quantitative estimate of drug-likeness (QED) is 0.0599. The fourth-order valence-corrected chi connectivity index (χ4v) is 11.8. The van der Waals surface area contributed by atoms with Gasteiger partial charge in [-0.25, -0.2) is 0 Å². The zero-order valence-electron chi connectivity index (χ0n) is 47.9. The van der Waals surface area contributed by atoms with E-state index in [-0.39, 0.29) is 29.9 Å². The average molecular weight is 1060 g/mol. The lowest BCUT2D eigenvalue weighted by Crippen LogP contribution is -2.55. The van der Waals surface area contributed by atoms with Gasteiger partial charge in [0.1, 0.15) is 11.5 Å². The van der Waals surface area contributed by atoms with Crippen molar-refractivity contribution in [2.24, 2.45) is 23.3 Å². The summed E-state index contributed by atoms with van der Waals surface area (Å²) < 4.78 is 11.5. The molecule has 5 aromatic rings. The molecule has 5 aromatic carbocycles. The van der Waals surface area contributed by atoms with Crippen LogP contribution in [0.3, 0.4) is 0 Å². The molecule has 2 saturated heterocycles. The van der Waals surface area contributed by atoms with E-state index in [9.17, 15) is 14.4 Å². The van der Waals surface area contributed by atoms with Crippen LogP contribution in [0.2, 0.25) is 0 Å². The van der Waals surface area contributed by atoms with Gasteiger partial charge in [0.25, 0.3) is 0 Å². The summed E-state index contributed by atoms with van der Waals surface area (Å²) in [7, 11) is 3.46. The third-order valence-electron chi connectivity index (χ3n) is 16.6. The summed E-state index contributed by atoms with van der Waals surface area (Å²) in [5, 5.41) is 3.52. The number of likely N-dealkylation sites (N-methyl/N-ethyl adjacent to an activating group) is 2. The molecule has 6 atom stereocenters. The number of nitrogens with zero attached hydrogens (tertiary/aromatic N) is 6. The molecule has 0 aromatic heterocycles. The third kappa shape index (κ3) is 15.2. The van der Waals surface area contributed by atoms with E-state index in [1.54, 1.807) is 14.2 Å². The Balaban J connectivity index is 0.000000238. The van der Waals surface area contributed by atoms with Gasteiger partial charge in [0.05, 0.1) is 44.2 Å². The number of methoxy groups -OCH3 is 2. The molecular weight excluding hydrogens is 975 g/mol. The SMILES string of the molecule is CCN(CC)CC(c1ccccc1OC)N1CCN(C(=O)C(Cc2ccc(C)cc2)C(C(N)=O)C2NCc3ccccc32)CC1.CCN(CC)CC(c1ccccc1OC)N1CCN(C(=O)C(N)Cc2ccc(C)cc2)CC1. The van der Waals surface area contributed by atoms with Crippen LogP contribution in [0.15, 0.2) is 121 Å². The fraction of sp³-hybridized carbons (Fsp3) is 0.484. The lowest BCUT2D eigenvalue weighted by molar-refractivity contribution is -0.144. The molecular formula is C64H89N9O5. The van der Waals surface area contributed by atoms with Crippen LogP contribution < -0.4 is 26.3 Å². The number of carbonyl (C=O) groups is 3. The van der Waals surface area contributed by atoms with Crippen LogP contribution in [-0.4, -0.2) is 159 Å². The van der Waals surface area contributed by atoms with E-state index < -0.39 is 23.8 Å². The summed E-state index contributed by atoms with van der Waals surface area (Å²) in [6.45, 7) is 25.0. The van der Waals surface area contributed by atoms with Crippen molar-refractivity contribution in [1.82, 2.24) is 34.7 Å². The highest BCUT2D eigenvalue weighted by Gasteiger charge is 2.44. The highest BCUT2D eigenvalue weighted by Crippen LogP contribution is 2.38. The van der Waals surface area contributed by atoms with E-state index in [2.05, 4.69) is 151 Å². The molecule has 8 rings (SSSR count). The van der Waals surface area contributed by atoms with Gasteiger partial charge in [-0.3, -0.25) is 24.2 Å².